The van der Waals surface area contributed by atoms with Gasteiger partial charge in [-0.25, -0.2) is 23.5 Å². The molecular formula is C16H18F2N4O. The number of rotatable bonds is 6. The summed E-state index contributed by atoms with van der Waals surface area (Å²) in [5.74, 6) is 0.588. The molecule has 2 aromatic rings. The number of alkyl halides is 2. The van der Waals surface area contributed by atoms with Gasteiger partial charge in [0.25, 0.3) is 6.43 Å². The predicted molar refractivity (Wildman–Crippen MR) is 81.9 cm³/mol. The molecular weight excluding hydrogens is 302 g/mol. The van der Waals surface area contributed by atoms with Gasteiger partial charge in [0.2, 0.25) is 0 Å². The third-order valence-corrected chi connectivity index (χ3v) is 3.12. The van der Waals surface area contributed by atoms with Crippen LogP contribution in [0.5, 0.6) is 0 Å². The molecule has 2 rings (SSSR count). The minimum atomic E-state index is -2.59. The van der Waals surface area contributed by atoms with Crippen LogP contribution in [0.3, 0.4) is 0 Å². The molecule has 23 heavy (non-hydrogen) atoms. The van der Waals surface area contributed by atoms with E-state index in [2.05, 4.69) is 15.3 Å². The van der Waals surface area contributed by atoms with Gasteiger partial charge in [-0.1, -0.05) is 30.3 Å². The van der Waals surface area contributed by atoms with Crippen molar-refractivity contribution in [1.29, 1.82) is 0 Å². The third kappa shape index (κ3) is 5.61. The summed E-state index contributed by atoms with van der Waals surface area (Å²) in [6.45, 7) is 1.41. The largest absolute Gasteiger partial charge is 0.332 e. The summed E-state index contributed by atoms with van der Waals surface area (Å²) < 4.78 is 25.4. The fourth-order valence-corrected chi connectivity index (χ4v) is 2.07. The van der Waals surface area contributed by atoms with Crippen LogP contribution in [0.4, 0.5) is 13.6 Å². The summed E-state index contributed by atoms with van der Waals surface area (Å²) >= 11 is 0. The summed E-state index contributed by atoms with van der Waals surface area (Å²) in [7, 11) is 0. The van der Waals surface area contributed by atoms with Gasteiger partial charge in [0.1, 0.15) is 5.82 Å². The molecule has 0 aliphatic rings. The Bertz CT molecular complexity index is 637. The SMILES string of the molecule is Cc1nccc(CNC(=O)N(Cc2ccccc2)CC(F)F)n1. The molecule has 0 fully saturated rings. The van der Waals surface area contributed by atoms with Gasteiger partial charge in [-0.15, -0.1) is 0 Å². The van der Waals surface area contributed by atoms with Crippen molar-refractivity contribution < 1.29 is 13.6 Å². The molecule has 2 amide bonds. The van der Waals surface area contributed by atoms with Crippen molar-refractivity contribution in [1.82, 2.24) is 20.2 Å². The van der Waals surface area contributed by atoms with Gasteiger partial charge in [-0.3, -0.25) is 0 Å². The van der Waals surface area contributed by atoms with Gasteiger partial charge in [0.15, 0.2) is 0 Å². The third-order valence-electron chi connectivity index (χ3n) is 3.12. The zero-order valence-electron chi connectivity index (χ0n) is 12.7. The van der Waals surface area contributed by atoms with Gasteiger partial charge in [-0.2, -0.15) is 0 Å². The van der Waals surface area contributed by atoms with Crippen molar-refractivity contribution >= 4 is 6.03 Å². The van der Waals surface area contributed by atoms with Crippen molar-refractivity contribution in [3.63, 3.8) is 0 Å². The van der Waals surface area contributed by atoms with Crippen molar-refractivity contribution in [2.75, 3.05) is 6.54 Å². The minimum absolute atomic E-state index is 0.125. The van der Waals surface area contributed by atoms with E-state index in [1.165, 1.54) is 0 Å². The van der Waals surface area contributed by atoms with Crippen LogP contribution in [0.1, 0.15) is 17.1 Å². The molecule has 0 atom stereocenters. The lowest BCUT2D eigenvalue weighted by molar-refractivity contribution is 0.0956. The van der Waals surface area contributed by atoms with E-state index in [1.807, 2.05) is 6.07 Å². The molecule has 0 unspecified atom stereocenters. The number of urea groups is 1. The number of carbonyl (C=O) groups is 1. The highest BCUT2D eigenvalue weighted by atomic mass is 19.3. The molecule has 5 nitrogen and oxygen atoms in total. The van der Waals surface area contributed by atoms with Crippen molar-refractivity contribution in [2.24, 2.45) is 0 Å². The van der Waals surface area contributed by atoms with Crippen LogP contribution in [0.25, 0.3) is 0 Å². The Morgan fingerprint density at radius 1 is 1.26 bits per heavy atom. The number of hydrogen-bond acceptors (Lipinski definition) is 3. The van der Waals surface area contributed by atoms with Crippen LogP contribution >= 0.6 is 0 Å². The molecule has 0 bridgehead atoms. The van der Waals surface area contributed by atoms with Crippen molar-refractivity contribution in [2.45, 2.75) is 26.4 Å². The van der Waals surface area contributed by atoms with Gasteiger partial charge in [-0.05, 0) is 18.6 Å². The van der Waals surface area contributed by atoms with E-state index in [4.69, 9.17) is 0 Å². The van der Waals surface area contributed by atoms with Crippen molar-refractivity contribution in [3.8, 4) is 0 Å². The molecule has 0 aliphatic heterocycles. The molecule has 7 heteroatoms. The molecule has 0 aliphatic carbocycles. The molecule has 0 spiro atoms. The first-order chi connectivity index (χ1) is 11.0. The van der Waals surface area contributed by atoms with Crippen molar-refractivity contribution in [3.05, 3.63) is 59.7 Å². The second-order valence-corrected chi connectivity index (χ2v) is 5.01. The highest BCUT2D eigenvalue weighted by Crippen LogP contribution is 2.08. The fraction of sp³-hybridized carbons (Fsp3) is 0.312. The predicted octanol–water partition coefficient (Wildman–Crippen LogP) is 2.76. The van der Waals surface area contributed by atoms with Crippen LogP contribution in [-0.2, 0) is 13.1 Å². The highest BCUT2D eigenvalue weighted by Gasteiger charge is 2.18. The van der Waals surface area contributed by atoms with Crippen LogP contribution in [0.15, 0.2) is 42.6 Å². The van der Waals surface area contributed by atoms with Crippen LogP contribution in [0.2, 0.25) is 0 Å². The lowest BCUT2D eigenvalue weighted by Crippen LogP contribution is -2.41. The summed E-state index contributed by atoms with van der Waals surface area (Å²) in [4.78, 5) is 21.4. The van der Waals surface area contributed by atoms with E-state index in [9.17, 15) is 13.6 Å². The Morgan fingerprint density at radius 2 is 2.00 bits per heavy atom. The zero-order valence-corrected chi connectivity index (χ0v) is 12.7. The normalized spacial score (nSPS) is 10.6. The quantitative estimate of drug-likeness (QED) is 0.890. The second-order valence-electron chi connectivity index (χ2n) is 5.01. The second kappa shape index (κ2) is 8.17. The Labute approximate surface area is 133 Å². The Balaban J connectivity index is 1.98. The van der Waals surface area contributed by atoms with Crippen LogP contribution in [0, 0.1) is 6.92 Å². The Hall–Kier alpha value is -2.57. The number of aryl methyl sites for hydroxylation is 1. The number of nitrogens with zero attached hydrogens (tertiary/aromatic N) is 3. The first-order valence-electron chi connectivity index (χ1n) is 7.18. The Morgan fingerprint density at radius 3 is 2.65 bits per heavy atom. The molecule has 0 saturated heterocycles. The smallest absolute Gasteiger partial charge is 0.318 e. The minimum Gasteiger partial charge on any atom is -0.332 e. The van der Waals surface area contributed by atoms with E-state index in [1.54, 1.807) is 43.5 Å². The molecule has 1 aromatic carbocycles. The van der Waals surface area contributed by atoms with Gasteiger partial charge < -0.3 is 10.2 Å². The maximum atomic E-state index is 12.7. The number of benzene rings is 1. The summed E-state index contributed by atoms with van der Waals surface area (Å²) in [5.41, 5.74) is 1.42. The first-order valence-corrected chi connectivity index (χ1v) is 7.18. The molecule has 1 N–H and O–H groups in total. The van der Waals surface area contributed by atoms with E-state index in [0.29, 0.717) is 11.5 Å². The van der Waals surface area contributed by atoms with Crippen LogP contribution in [-0.4, -0.2) is 33.9 Å². The van der Waals surface area contributed by atoms with Crippen LogP contribution < -0.4 is 5.32 Å². The Kier molecular flexibility index (Phi) is 5.96. The number of carbonyl (C=O) groups excluding carboxylic acids is 1. The average molecular weight is 320 g/mol. The average Bonchev–Trinajstić information content (AvgIpc) is 2.52. The number of halogens is 2. The number of nitrogens with one attached hydrogen (secondary N) is 1. The lowest BCUT2D eigenvalue weighted by atomic mass is 10.2. The van der Waals surface area contributed by atoms with Gasteiger partial charge >= 0.3 is 6.03 Å². The summed E-state index contributed by atoms with van der Waals surface area (Å²) in [5, 5.41) is 2.62. The van der Waals surface area contributed by atoms with Gasteiger partial charge in [0, 0.05) is 12.7 Å². The maximum Gasteiger partial charge on any atom is 0.318 e. The lowest BCUT2D eigenvalue weighted by Gasteiger charge is -2.22. The number of aromatic nitrogens is 2. The fourth-order valence-electron chi connectivity index (χ4n) is 2.07. The highest BCUT2D eigenvalue weighted by molar-refractivity contribution is 5.74. The monoisotopic (exact) mass is 320 g/mol. The van der Waals surface area contributed by atoms with E-state index < -0.39 is 19.0 Å². The zero-order chi connectivity index (χ0) is 16.7. The summed E-state index contributed by atoms with van der Waals surface area (Å²) in [6.07, 6.45) is -1.00. The molecule has 0 radical (unpaired) electrons. The van der Waals surface area contributed by atoms with E-state index in [0.717, 1.165) is 10.5 Å². The topological polar surface area (TPSA) is 58.1 Å². The van der Waals surface area contributed by atoms with Gasteiger partial charge in [0.05, 0.1) is 18.8 Å². The molecule has 1 heterocycles. The standard InChI is InChI=1S/C16H18F2N4O/c1-12-19-8-7-14(21-12)9-20-16(23)22(11-15(17)18)10-13-5-3-2-4-6-13/h2-8,15H,9-11H2,1H3,(H,20,23). The van der Waals surface area contributed by atoms with E-state index >= 15 is 0 Å². The number of hydrogen-bond donors (Lipinski definition) is 1. The maximum absolute atomic E-state index is 12.7. The summed E-state index contributed by atoms with van der Waals surface area (Å²) in [6, 6.07) is 10.1. The molecule has 122 valence electrons. The first kappa shape index (κ1) is 16.8. The van der Waals surface area contributed by atoms with E-state index in [-0.39, 0.29) is 13.1 Å². The molecule has 0 saturated carbocycles. The number of amides is 2. The molecule has 1 aromatic heterocycles.